The molecule has 0 bridgehead atoms. The van der Waals surface area contributed by atoms with Crippen molar-refractivity contribution in [2.45, 2.75) is 19.1 Å². The summed E-state index contributed by atoms with van der Waals surface area (Å²) < 4.78 is 1.02. The fraction of sp³-hybridized carbons (Fsp3) is 0.571. The Bertz CT molecular complexity index is 399. The molecule has 1 aliphatic heterocycles. The van der Waals surface area contributed by atoms with Crippen molar-refractivity contribution in [3.8, 4) is 0 Å². The first-order valence-corrected chi connectivity index (χ1v) is 7.21. The normalized spacial score (nSPS) is 24.1. The van der Waals surface area contributed by atoms with Gasteiger partial charge in [-0.1, -0.05) is 28.1 Å². The van der Waals surface area contributed by atoms with Gasteiger partial charge in [0.1, 0.15) is 0 Å². The largest absolute Gasteiger partial charge is 0.387 e. The topological polar surface area (TPSA) is 26.7 Å². The van der Waals surface area contributed by atoms with E-state index in [-0.39, 0.29) is 0 Å². The van der Waals surface area contributed by atoms with Crippen LogP contribution in [0.5, 0.6) is 0 Å². The van der Waals surface area contributed by atoms with Gasteiger partial charge < -0.3 is 10.0 Å². The average Bonchev–Trinajstić information content (AvgIpc) is 2.32. The molecule has 2 unspecified atom stereocenters. The van der Waals surface area contributed by atoms with Crippen molar-refractivity contribution in [3.63, 3.8) is 0 Å². The van der Waals surface area contributed by atoms with Crippen LogP contribution >= 0.6 is 15.9 Å². The molecule has 1 N–H and O–H groups in total. The molecule has 1 aromatic rings. The van der Waals surface area contributed by atoms with E-state index in [9.17, 15) is 5.11 Å². The number of aliphatic hydroxyl groups excluding tert-OH is 1. The molecule has 100 valence electrons. The number of β-amino-alcohol motifs (C(OH)–C–C–N with tert-alkyl or cyclic N) is 1. The lowest BCUT2D eigenvalue weighted by Crippen LogP contribution is -2.51. The third kappa shape index (κ3) is 3.54. The van der Waals surface area contributed by atoms with Crippen LogP contribution in [0.15, 0.2) is 28.7 Å². The second-order valence-corrected chi connectivity index (χ2v) is 6.09. The summed E-state index contributed by atoms with van der Waals surface area (Å²) in [6, 6.07) is 8.43. The Morgan fingerprint density at radius 3 is 2.89 bits per heavy atom. The Hall–Kier alpha value is -0.420. The maximum absolute atomic E-state index is 10.3. The van der Waals surface area contributed by atoms with Crippen molar-refractivity contribution in [1.82, 2.24) is 9.80 Å². The van der Waals surface area contributed by atoms with Gasteiger partial charge >= 0.3 is 0 Å². The summed E-state index contributed by atoms with van der Waals surface area (Å²) >= 11 is 3.44. The van der Waals surface area contributed by atoms with Gasteiger partial charge in [0.2, 0.25) is 0 Å². The molecule has 3 nitrogen and oxygen atoms in total. The SMILES string of the molecule is CC1CN(C)CCN1CC(O)c1cccc(Br)c1. The maximum Gasteiger partial charge on any atom is 0.0917 e. The molecule has 1 aromatic carbocycles. The van der Waals surface area contributed by atoms with Crippen LogP contribution in [-0.4, -0.2) is 54.2 Å². The van der Waals surface area contributed by atoms with Gasteiger partial charge in [-0.15, -0.1) is 0 Å². The number of hydrogen-bond acceptors (Lipinski definition) is 3. The van der Waals surface area contributed by atoms with Gasteiger partial charge in [-0.2, -0.15) is 0 Å². The molecule has 18 heavy (non-hydrogen) atoms. The van der Waals surface area contributed by atoms with Gasteiger partial charge in [0.05, 0.1) is 6.10 Å². The van der Waals surface area contributed by atoms with Crippen molar-refractivity contribution in [1.29, 1.82) is 0 Å². The minimum absolute atomic E-state index is 0.409. The highest BCUT2D eigenvalue weighted by Crippen LogP contribution is 2.20. The van der Waals surface area contributed by atoms with Crippen LogP contribution in [-0.2, 0) is 0 Å². The lowest BCUT2D eigenvalue weighted by molar-refractivity contribution is 0.0474. The third-order valence-corrected chi connectivity index (χ3v) is 4.10. The number of halogens is 1. The van der Waals surface area contributed by atoms with Gasteiger partial charge in [0.15, 0.2) is 0 Å². The van der Waals surface area contributed by atoms with Crippen LogP contribution in [0.25, 0.3) is 0 Å². The Balaban J connectivity index is 1.97. The monoisotopic (exact) mass is 312 g/mol. The second-order valence-electron chi connectivity index (χ2n) is 5.18. The number of nitrogens with zero attached hydrogens (tertiary/aromatic N) is 2. The lowest BCUT2D eigenvalue weighted by Gasteiger charge is -2.39. The second kappa shape index (κ2) is 6.15. The summed E-state index contributed by atoms with van der Waals surface area (Å²) in [5.74, 6) is 0. The average molecular weight is 313 g/mol. The van der Waals surface area contributed by atoms with Crippen molar-refractivity contribution in [3.05, 3.63) is 34.3 Å². The van der Waals surface area contributed by atoms with E-state index in [1.54, 1.807) is 0 Å². The summed E-state index contributed by atoms with van der Waals surface area (Å²) in [4.78, 5) is 4.71. The van der Waals surface area contributed by atoms with Crippen molar-refractivity contribution in [2.24, 2.45) is 0 Å². The van der Waals surface area contributed by atoms with Crippen LogP contribution in [0.2, 0.25) is 0 Å². The van der Waals surface area contributed by atoms with E-state index < -0.39 is 6.10 Å². The number of aliphatic hydroxyl groups is 1. The van der Waals surface area contributed by atoms with Crippen LogP contribution in [0.3, 0.4) is 0 Å². The van der Waals surface area contributed by atoms with Crippen molar-refractivity contribution in [2.75, 3.05) is 33.2 Å². The maximum atomic E-state index is 10.3. The van der Waals surface area contributed by atoms with Crippen LogP contribution < -0.4 is 0 Å². The number of rotatable bonds is 3. The smallest absolute Gasteiger partial charge is 0.0917 e. The molecular weight excluding hydrogens is 292 g/mol. The molecule has 0 radical (unpaired) electrons. The summed E-state index contributed by atoms with van der Waals surface area (Å²) in [5.41, 5.74) is 0.982. The zero-order valence-corrected chi connectivity index (χ0v) is 12.6. The Morgan fingerprint density at radius 2 is 2.22 bits per heavy atom. The molecule has 2 atom stereocenters. The van der Waals surface area contributed by atoms with Crippen molar-refractivity contribution >= 4 is 15.9 Å². The molecule has 4 heteroatoms. The zero-order chi connectivity index (χ0) is 13.1. The van der Waals surface area contributed by atoms with E-state index in [0.29, 0.717) is 12.6 Å². The number of likely N-dealkylation sites (N-methyl/N-ethyl adjacent to an activating group) is 1. The van der Waals surface area contributed by atoms with Gasteiger partial charge in [-0.25, -0.2) is 0 Å². The third-order valence-electron chi connectivity index (χ3n) is 3.61. The molecule has 0 aliphatic carbocycles. The Kier molecular flexibility index (Phi) is 4.78. The van der Waals surface area contributed by atoms with Gasteiger partial charge in [0.25, 0.3) is 0 Å². The summed E-state index contributed by atoms with van der Waals surface area (Å²) in [7, 11) is 2.15. The lowest BCUT2D eigenvalue weighted by atomic mass is 10.1. The van der Waals surface area contributed by atoms with Crippen molar-refractivity contribution < 1.29 is 5.11 Å². The molecule has 0 saturated carbocycles. The van der Waals surface area contributed by atoms with Gasteiger partial charge in [-0.3, -0.25) is 4.90 Å². The summed E-state index contributed by atoms with van der Waals surface area (Å²) in [6.07, 6.45) is -0.409. The predicted octanol–water partition coefficient (Wildman–Crippen LogP) is 2.12. The molecule has 0 spiro atoms. The van der Waals surface area contributed by atoms with E-state index in [4.69, 9.17) is 0 Å². The number of hydrogen-bond donors (Lipinski definition) is 1. The predicted molar refractivity (Wildman–Crippen MR) is 77.6 cm³/mol. The standard InChI is InChI=1S/C14H21BrN2O/c1-11-9-16(2)6-7-17(11)10-14(18)12-4-3-5-13(15)8-12/h3-5,8,11,14,18H,6-7,9-10H2,1-2H3. The highest BCUT2D eigenvalue weighted by atomic mass is 79.9. The summed E-state index contributed by atoms with van der Waals surface area (Å²) in [5, 5.41) is 10.3. The number of benzene rings is 1. The minimum Gasteiger partial charge on any atom is -0.387 e. The highest BCUT2D eigenvalue weighted by Gasteiger charge is 2.23. The van der Waals surface area contributed by atoms with Crippen LogP contribution in [0.4, 0.5) is 0 Å². The molecule has 2 rings (SSSR count). The first kappa shape index (κ1) is 14.0. The first-order valence-electron chi connectivity index (χ1n) is 6.42. The quantitative estimate of drug-likeness (QED) is 0.926. The van der Waals surface area contributed by atoms with E-state index in [2.05, 4.69) is 39.7 Å². The first-order chi connectivity index (χ1) is 8.56. The molecule has 1 heterocycles. The molecule has 0 aromatic heterocycles. The zero-order valence-electron chi connectivity index (χ0n) is 11.0. The van der Waals surface area contributed by atoms with Gasteiger partial charge in [0, 0.05) is 36.7 Å². The van der Waals surface area contributed by atoms with Gasteiger partial charge in [-0.05, 0) is 31.7 Å². The number of piperazine rings is 1. The van der Waals surface area contributed by atoms with Crippen LogP contribution in [0, 0.1) is 0 Å². The minimum atomic E-state index is -0.409. The molecule has 1 aliphatic rings. The molecule has 1 saturated heterocycles. The van der Waals surface area contributed by atoms with E-state index in [1.165, 1.54) is 0 Å². The van der Waals surface area contributed by atoms with E-state index >= 15 is 0 Å². The summed E-state index contributed by atoms with van der Waals surface area (Å²) in [6.45, 7) is 6.12. The fourth-order valence-electron chi connectivity index (χ4n) is 2.49. The molecule has 1 fully saturated rings. The van der Waals surface area contributed by atoms with E-state index in [1.807, 2.05) is 24.3 Å². The highest BCUT2D eigenvalue weighted by molar-refractivity contribution is 9.10. The Labute approximate surface area is 118 Å². The molecular formula is C14H21BrN2O. The van der Waals surface area contributed by atoms with E-state index in [0.717, 1.165) is 29.7 Å². The molecule has 0 amide bonds. The fourth-order valence-corrected chi connectivity index (χ4v) is 2.91. The van der Waals surface area contributed by atoms with Crippen LogP contribution in [0.1, 0.15) is 18.6 Å². The Morgan fingerprint density at radius 1 is 1.44 bits per heavy atom.